The Morgan fingerprint density at radius 3 is 1.35 bits per heavy atom. The van der Waals surface area contributed by atoms with Gasteiger partial charge in [0.25, 0.3) is 0 Å². The van der Waals surface area contributed by atoms with Crippen LogP contribution in [0.15, 0.2) is 49.8 Å². The van der Waals surface area contributed by atoms with E-state index in [0.29, 0.717) is 13.4 Å². The molecular formula is C27H22Br3F3N6O. The Hall–Kier alpha value is -3.57. The molecule has 0 bridgehead atoms. The minimum Gasteiger partial charge on any atom is -0.395 e. The van der Waals surface area contributed by atoms with Crippen LogP contribution in [0.25, 0.3) is 0 Å². The Morgan fingerprint density at radius 1 is 0.725 bits per heavy atom. The van der Waals surface area contributed by atoms with E-state index < -0.39 is 34.7 Å². The van der Waals surface area contributed by atoms with Crippen LogP contribution in [0.2, 0.25) is 0 Å². The summed E-state index contributed by atoms with van der Waals surface area (Å²) >= 11 is 9.20. The highest BCUT2D eigenvalue weighted by Crippen LogP contribution is 2.38. The molecule has 1 atom stereocenters. The monoisotopic (exact) mass is 740 g/mol. The zero-order valence-electron chi connectivity index (χ0n) is 21.3. The number of nitriles is 3. The van der Waals surface area contributed by atoms with E-state index in [0.717, 1.165) is 0 Å². The van der Waals surface area contributed by atoms with E-state index in [1.165, 1.54) is 36.4 Å². The van der Waals surface area contributed by atoms with E-state index in [1.54, 1.807) is 32.9 Å². The summed E-state index contributed by atoms with van der Waals surface area (Å²) in [6.45, 7) is 5.35. The van der Waals surface area contributed by atoms with Gasteiger partial charge in [-0.2, -0.15) is 15.8 Å². The second-order valence-corrected chi connectivity index (χ2v) is 11.8. The van der Waals surface area contributed by atoms with Crippen molar-refractivity contribution in [1.29, 1.82) is 15.8 Å². The van der Waals surface area contributed by atoms with Crippen LogP contribution in [0.4, 0.5) is 24.5 Å². The maximum atomic E-state index is 14.0. The summed E-state index contributed by atoms with van der Waals surface area (Å²) in [4.78, 5) is 11.6. The Morgan fingerprint density at radius 2 is 1.05 bits per heavy atom. The molecular weight excluding hydrogens is 721 g/mol. The number of nitrogens with zero attached hydrogens (tertiary/aromatic N) is 3. The lowest BCUT2D eigenvalue weighted by Crippen LogP contribution is -2.33. The Balaban J connectivity index is 0.000000315. The number of halogens is 6. The molecule has 0 aliphatic rings. The first-order valence-corrected chi connectivity index (χ1v) is 13.3. The van der Waals surface area contributed by atoms with Gasteiger partial charge in [-0.1, -0.05) is 68.6 Å². The van der Waals surface area contributed by atoms with Gasteiger partial charge in [-0.05, 0) is 41.8 Å². The molecule has 0 heterocycles. The molecule has 13 heteroatoms. The number of anilines is 2. The van der Waals surface area contributed by atoms with Crippen molar-refractivity contribution >= 4 is 65.1 Å². The van der Waals surface area contributed by atoms with E-state index in [2.05, 4.69) is 47.8 Å². The molecule has 40 heavy (non-hydrogen) atoms. The first-order chi connectivity index (χ1) is 18.5. The minimum absolute atomic E-state index is 0.0701. The summed E-state index contributed by atoms with van der Waals surface area (Å²) in [7, 11) is 0. The number of hydrogen-bond donors (Lipinski definition) is 3. The highest BCUT2D eigenvalue weighted by atomic mass is 79.9. The molecule has 0 radical (unpaired) electrons. The highest BCUT2D eigenvalue weighted by Gasteiger charge is 2.35. The van der Waals surface area contributed by atoms with Gasteiger partial charge in [0.15, 0.2) is 0 Å². The van der Waals surface area contributed by atoms with E-state index in [1.807, 2.05) is 6.07 Å². The zero-order valence-corrected chi connectivity index (χ0v) is 26.0. The van der Waals surface area contributed by atoms with Gasteiger partial charge < -0.3 is 17.2 Å². The molecule has 1 unspecified atom stereocenters. The van der Waals surface area contributed by atoms with Crippen molar-refractivity contribution in [3.8, 4) is 18.2 Å². The first-order valence-electron chi connectivity index (χ1n) is 11.0. The molecule has 3 rings (SSSR count). The van der Waals surface area contributed by atoms with Crippen molar-refractivity contribution < 1.29 is 18.0 Å². The van der Waals surface area contributed by atoms with Crippen LogP contribution in [0.1, 0.15) is 48.9 Å². The molecule has 3 aromatic carbocycles. The molecule has 0 aromatic heterocycles. The minimum atomic E-state index is -0.847. The third kappa shape index (κ3) is 9.27. The number of hydrogen-bond acceptors (Lipinski definition) is 6. The highest BCUT2D eigenvalue weighted by molar-refractivity contribution is 9.11. The van der Waals surface area contributed by atoms with Crippen LogP contribution < -0.4 is 17.2 Å². The van der Waals surface area contributed by atoms with E-state index in [9.17, 15) is 18.0 Å². The summed E-state index contributed by atoms with van der Waals surface area (Å²) in [5, 5.41) is 26.0. The molecule has 0 saturated carbocycles. The lowest BCUT2D eigenvalue weighted by atomic mass is 9.74. The number of carbonyl (C=O) groups excluding carboxylic acids is 1. The van der Waals surface area contributed by atoms with Gasteiger partial charge in [0.1, 0.15) is 29.6 Å². The van der Waals surface area contributed by atoms with Gasteiger partial charge in [0.05, 0.1) is 40.1 Å². The molecule has 0 aliphatic carbocycles. The first kappa shape index (κ1) is 34.5. The molecule has 7 nitrogen and oxygen atoms in total. The standard InChI is InChI=1S/C13H14BrFN2O.2C7H4BrFN2/c1-13(2,3)11(12(17)18)10-7(6-16)4-8(14)5-9(10)15;2*8-5-1-4(3-10)7(11)6(9)2-5/h4-5,11H,1-3H3,(H2,17,18);2*1-2H,11H2. The van der Waals surface area contributed by atoms with Crippen molar-refractivity contribution in [3.63, 3.8) is 0 Å². The van der Waals surface area contributed by atoms with Gasteiger partial charge in [-0.15, -0.1) is 0 Å². The fraction of sp³-hybridized carbons (Fsp3) is 0.185. The second kappa shape index (κ2) is 14.7. The fourth-order valence-corrected chi connectivity index (χ4v) is 4.62. The van der Waals surface area contributed by atoms with E-state index in [4.69, 9.17) is 33.0 Å². The molecule has 6 N–H and O–H groups in total. The molecule has 0 fully saturated rings. The number of nitrogens with two attached hydrogens (primary N) is 3. The molecule has 208 valence electrons. The summed E-state index contributed by atoms with van der Waals surface area (Å²) in [5.74, 6) is -3.23. The van der Waals surface area contributed by atoms with Crippen LogP contribution >= 0.6 is 47.8 Å². The van der Waals surface area contributed by atoms with E-state index >= 15 is 0 Å². The fourth-order valence-electron chi connectivity index (χ4n) is 3.33. The quantitative estimate of drug-likeness (QED) is 0.236. The number of nitrogen functional groups attached to an aromatic ring is 2. The third-order valence-electron chi connectivity index (χ3n) is 5.08. The summed E-state index contributed by atoms with van der Waals surface area (Å²) in [5.41, 5.74) is 15.6. The normalized spacial score (nSPS) is 10.8. The topological polar surface area (TPSA) is 166 Å². The summed E-state index contributed by atoms with van der Waals surface area (Å²) in [6.07, 6.45) is 0. The molecule has 3 aromatic rings. The third-order valence-corrected chi connectivity index (χ3v) is 6.46. The molecule has 0 saturated heterocycles. The number of rotatable bonds is 2. The number of benzene rings is 3. The second-order valence-electron chi connectivity index (χ2n) is 9.08. The smallest absolute Gasteiger partial charge is 0.225 e. The van der Waals surface area contributed by atoms with Crippen LogP contribution in [-0.4, -0.2) is 5.91 Å². The van der Waals surface area contributed by atoms with Crippen LogP contribution in [0.5, 0.6) is 0 Å². The summed E-state index contributed by atoms with van der Waals surface area (Å²) in [6, 6.07) is 13.6. The number of carbonyl (C=O) groups is 1. The Kier molecular flexibility index (Phi) is 12.7. The molecule has 1 amide bonds. The van der Waals surface area contributed by atoms with Gasteiger partial charge in [0.2, 0.25) is 5.91 Å². The number of amides is 1. The lowest BCUT2D eigenvalue weighted by Gasteiger charge is -2.29. The zero-order chi connectivity index (χ0) is 30.9. The van der Waals surface area contributed by atoms with Crippen LogP contribution in [0, 0.1) is 56.9 Å². The van der Waals surface area contributed by atoms with Gasteiger partial charge in [0, 0.05) is 19.0 Å². The van der Waals surface area contributed by atoms with E-state index in [-0.39, 0.29) is 33.6 Å². The van der Waals surface area contributed by atoms with Gasteiger partial charge in [-0.25, -0.2) is 13.2 Å². The average molecular weight is 743 g/mol. The van der Waals surface area contributed by atoms with Gasteiger partial charge >= 0.3 is 0 Å². The van der Waals surface area contributed by atoms with Crippen LogP contribution in [-0.2, 0) is 4.79 Å². The summed E-state index contributed by atoms with van der Waals surface area (Å²) < 4.78 is 41.0. The number of primary amides is 1. The maximum Gasteiger partial charge on any atom is 0.225 e. The lowest BCUT2D eigenvalue weighted by molar-refractivity contribution is -0.121. The van der Waals surface area contributed by atoms with Crippen molar-refractivity contribution in [2.45, 2.75) is 26.7 Å². The van der Waals surface area contributed by atoms with Crippen molar-refractivity contribution in [2.24, 2.45) is 11.1 Å². The maximum absolute atomic E-state index is 14.0. The van der Waals surface area contributed by atoms with Crippen molar-refractivity contribution in [3.05, 3.63) is 89.5 Å². The molecule has 0 aliphatic heterocycles. The Bertz CT molecular complexity index is 1490. The van der Waals surface area contributed by atoms with Gasteiger partial charge in [-0.3, -0.25) is 4.79 Å². The largest absolute Gasteiger partial charge is 0.395 e. The predicted octanol–water partition coefficient (Wildman–Crippen LogP) is 7.16. The van der Waals surface area contributed by atoms with Crippen molar-refractivity contribution in [1.82, 2.24) is 0 Å². The van der Waals surface area contributed by atoms with Crippen molar-refractivity contribution in [2.75, 3.05) is 11.5 Å². The van der Waals surface area contributed by atoms with Crippen LogP contribution in [0.3, 0.4) is 0 Å². The molecule has 0 spiro atoms. The average Bonchev–Trinajstić information content (AvgIpc) is 2.84. The SMILES string of the molecule is CC(C)(C)C(C(N)=O)c1c(F)cc(Br)cc1C#N.N#Cc1cc(Br)cc(F)c1N.N#Cc1cc(Br)cc(F)c1N. The predicted molar refractivity (Wildman–Crippen MR) is 157 cm³/mol. The Labute approximate surface area is 254 Å².